The molecule has 0 amide bonds. The summed E-state index contributed by atoms with van der Waals surface area (Å²) >= 11 is 6.18. The van der Waals surface area contributed by atoms with E-state index in [4.69, 9.17) is 16.3 Å². The molecule has 0 aromatic carbocycles. The fourth-order valence-corrected chi connectivity index (χ4v) is 4.18. The second-order valence-electron chi connectivity index (χ2n) is 6.78. The molecular formula is C15H21ClN4O2. The van der Waals surface area contributed by atoms with Gasteiger partial charge in [0.2, 0.25) is 5.95 Å². The van der Waals surface area contributed by atoms with Gasteiger partial charge in [-0.3, -0.25) is 0 Å². The predicted octanol–water partition coefficient (Wildman–Crippen LogP) is 1.83. The molecule has 2 aliphatic carbocycles. The second kappa shape index (κ2) is 5.22. The molecule has 2 bridgehead atoms. The second-order valence-corrected chi connectivity index (χ2v) is 7.17. The van der Waals surface area contributed by atoms with Crippen molar-refractivity contribution in [2.75, 3.05) is 36.5 Å². The van der Waals surface area contributed by atoms with Crippen LogP contribution in [-0.2, 0) is 4.74 Å². The number of aliphatic hydroxyl groups is 1. The van der Waals surface area contributed by atoms with Crippen molar-refractivity contribution >= 4 is 23.4 Å². The Morgan fingerprint density at radius 3 is 2.55 bits per heavy atom. The van der Waals surface area contributed by atoms with Gasteiger partial charge in [-0.25, -0.2) is 4.98 Å². The maximum Gasteiger partial charge on any atom is 0.226 e. The van der Waals surface area contributed by atoms with Crippen LogP contribution in [0.5, 0.6) is 0 Å². The van der Waals surface area contributed by atoms with E-state index < -0.39 is 5.60 Å². The summed E-state index contributed by atoms with van der Waals surface area (Å²) in [4.78, 5) is 11.1. The molecule has 0 atom stereocenters. The first-order valence-corrected chi connectivity index (χ1v) is 8.32. The maximum atomic E-state index is 10.4. The molecule has 2 saturated carbocycles. The zero-order valence-corrected chi connectivity index (χ0v) is 13.3. The average Bonchev–Trinajstić information content (AvgIpc) is 3.00. The molecule has 3 fully saturated rings. The normalized spacial score (nSPS) is 34.2. The first-order chi connectivity index (χ1) is 10.6. The van der Waals surface area contributed by atoms with Gasteiger partial charge < -0.3 is 20.1 Å². The fraction of sp³-hybridized carbons (Fsp3) is 0.733. The lowest BCUT2D eigenvalue weighted by Gasteiger charge is -2.30. The predicted molar refractivity (Wildman–Crippen MR) is 84.5 cm³/mol. The third kappa shape index (κ3) is 2.64. The third-order valence-electron chi connectivity index (χ3n) is 5.20. The fourth-order valence-electron chi connectivity index (χ4n) is 4.00. The number of fused-ring (bicyclic) bond motifs is 2. The lowest BCUT2D eigenvalue weighted by atomic mass is 9.93. The van der Waals surface area contributed by atoms with Gasteiger partial charge in [0, 0.05) is 24.7 Å². The van der Waals surface area contributed by atoms with Crippen molar-refractivity contribution in [2.45, 2.75) is 43.2 Å². The van der Waals surface area contributed by atoms with Gasteiger partial charge in [0.05, 0.1) is 18.8 Å². The van der Waals surface area contributed by atoms with Gasteiger partial charge in [-0.05, 0) is 32.1 Å². The average molecular weight is 325 g/mol. The van der Waals surface area contributed by atoms with Crippen molar-refractivity contribution in [1.82, 2.24) is 9.97 Å². The molecule has 4 rings (SSSR count). The zero-order valence-electron chi connectivity index (χ0n) is 12.5. The quantitative estimate of drug-likeness (QED) is 0.827. The van der Waals surface area contributed by atoms with Crippen molar-refractivity contribution in [1.29, 1.82) is 0 Å². The Hall–Kier alpha value is -1.11. The summed E-state index contributed by atoms with van der Waals surface area (Å²) in [5, 5.41) is 14.3. The summed E-state index contributed by atoms with van der Waals surface area (Å²) in [7, 11) is 0. The molecule has 22 heavy (non-hydrogen) atoms. The van der Waals surface area contributed by atoms with E-state index in [0.29, 0.717) is 24.3 Å². The maximum absolute atomic E-state index is 10.4. The van der Waals surface area contributed by atoms with Crippen LogP contribution in [0.3, 0.4) is 0 Å². The Morgan fingerprint density at radius 1 is 1.18 bits per heavy atom. The number of rotatable bonds is 3. The van der Waals surface area contributed by atoms with Gasteiger partial charge in [0.15, 0.2) is 0 Å². The number of morpholine rings is 1. The first-order valence-electron chi connectivity index (χ1n) is 7.94. The summed E-state index contributed by atoms with van der Waals surface area (Å²) in [5.41, 5.74) is -0.555. The minimum atomic E-state index is -0.487. The van der Waals surface area contributed by atoms with Crippen LogP contribution < -0.4 is 10.2 Å². The molecule has 2 N–H and O–H groups in total. The number of halogens is 1. The van der Waals surface area contributed by atoms with E-state index in [2.05, 4.69) is 20.2 Å². The molecule has 2 heterocycles. The van der Waals surface area contributed by atoms with E-state index in [1.54, 1.807) is 6.07 Å². The Kier molecular flexibility index (Phi) is 3.43. The van der Waals surface area contributed by atoms with Crippen LogP contribution in [0.4, 0.5) is 11.8 Å². The highest BCUT2D eigenvalue weighted by atomic mass is 35.5. The third-order valence-corrected chi connectivity index (χ3v) is 5.39. The van der Waals surface area contributed by atoms with Crippen molar-refractivity contribution in [2.24, 2.45) is 0 Å². The molecule has 1 aromatic heterocycles. The molecule has 120 valence electrons. The van der Waals surface area contributed by atoms with Crippen LogP contribution in [0.2, 0.25) is 5.15 Å². The smallest absolute Gasteiger partial charge is 0.226 e. The molecule has 1 saturated heterocycles. The monoisotopic (exact) mass is 324 g/mol. The van der Waals surface area contributed by atoms with Crippen molar-refractivity contribution in [3.8, 4) is 0 Å². The van der Waals surface area contributed by atoms with E-state index in [-0.39, 0.29) is 5.54 Å². The zero-order chi connectivity index (χ0) is 15.2. The lowest BCUT2D eigenvalue weighted by Crippen LogP contribution is -2.37. The van der Waals surface area contributed by atoms with Gasteiger partial charge in [0.25, 0.3) is 0 Å². The minimum Gasteiger partial charge on any atom is -0.390 e. The van der Waals surface area contributed by atoms with Crippen LogP contribution in [0, 0.1) is 0 Å². The summed E-state index contributed by atoms with van der Waals surface area (Å²) in [6.45, 7) is 3.05. The van der Waals surface area contributed by atoms with Crippen LogP contribution in [-0.4, -0.2) is 52.5 Å². The first kappa shape index (κ1) is 14.5. The number of hydrogen-bond donors (Lipinski definition) is 2. The van der Waals surface area contributed by atoms with Gasteiger partial charge in [-0.2, -0.15) is 4.98 Å². The molecule has 0 unspecified atom stereocenters. The van der Waals surface area contributed by atoms with E-state index in [0.717, 1.165) is 51.0 Å². The van der Waals surface area contributed by atoms with Crippen molar-refractivity contribution in [3.05, 3.63) is 11.2 Å². The van der Waals surface area contributed by atoms with Gasteiger partial charge in [-0.15, -0.1) is 0 Å². The van der Waals surface area contributed by atoms with E-state index >= 15 is 0 Å². The number of hydrogen-bond acceptors (Lipinski definition) is 6. The molecule has 1 aliphatic heterocycles. The SMILES string of the molecule is OC12CCC(Nc3nc(Cl)cc(N4CCOCC4)n3)(CC1)C2. The van der Waals surface area contributed by atoms with Gasteiger partial charge in [-0.1, -0.05) is 11.6 Å². The van der Waals surface area contributed by atoms with Crippen LogP contribution in [0.1, 0.15) is 32.1 Å². The number of aromatic nitrogens is 2. The minimum absolute atomic E-state index is 0.0677. The van der Waals surface area contributed by atoms with Gasteiger partial charge >= 0.3 is 0 Å². The van der Waals surface area contributed by atoms with Crippen LogP contribution in [0.25, 0.3) is 0 Å². The van der Waals surface area contributed by atoms with Crippen molar-refractivity contribution in [3.63, 3.8) is 0 Å². The number of anilines is 2. The summed E-state index contributed by atoms with van der Waals surface area (Å²) in [6, 6.07) is 1.80. The molecule has 0 spiro atoms. The van der Waals surface area contributed by atoms with E-state index in [1.807, 2.05) is 0 Å². The topological polar surface area (TPSA) is 70.5 Å². The van der Waals surface area contributed by atoms with E-state index in [1.165, 1.54) is 0 Å². The Balaban J connectivity index is 1.56. The molecule has 3 aliphatic rings. The standard InChI is InChI=1S/C15H21ClN4O2/c16-11-9-12(20-5-7-22-8-6-20)18-13(17-11)19-14-1-3-15(21,10-14)4-2-14/h9,21H,1-8,10H2,(H,17,18,19). The Bertz CT molecular complexity index is 569. The summed E-state index contributed by atoms with van der Waals surface area (Å²) < 4.78 is 5.38. The number of nitrogens with one attached hydrogen (secondary N) is 1. The summed E-state index contributed by atoms with van der Waals surface area (Å²) in [6.07, 6.45) is 4.43. The van der Waals surface area contributed by atoms with Crippen LogP contribution >= 0.6 is 11.6 Å². The highest BCUT2D eigenvalue weighted by molar-refractivity contribution is 6.29. The lowest BCUT2D eigenvalue weighted by molar-refractivity contribution is 0.0521. The highest BCUT2D eigenvalue weighted by Gasteiger charge is 2.53. The Labute approximate surface area is 134 Å². The molecule has 0 radical (unpaired) electrons. The molecule has 7 heteroatoms. The Morgan fingerprint density at radius 2 is 1.91 bits per heavy atom. The number of nitrogens with zero attached hydrogens (tertiary/aromatic N) is 3. The van der Waals surface area contributed by atoms with Gasteiger partial charge in [0.1, 0.15) is 11.0 Å². The number of ether oxygens (including phenoxy) is 1. The highest BCUT2D eigenvalue weighted by Crippen LogP contribution is 2.51. The molecular weight excluding hydrogens is 304 g/mol. The van der Waals surface area contributed by atoms with E-state index in [9.17, 15) is 5.11 Å². The molecule has 1 aromatic rings. The molecule has 6 nitrogen and oxygen atoms in total. The van der Waals surface area contributed by atoms with Crippen LogP contribution in [0.15, 0.2) is 6.07 Å². The largest absolute Gasteiger partial charge is 0.390 e. The van der Waals surface area contributed by atoms with Crippen molar-refractivity contribution < 1.29 is 9.84 Å². The summed E-state index contributed by atoms with van der Waals surface area (Å²) in [5.74, 6) is 1.41.